The summed E-state index contributed by atoms with van der Waals surface area (Å²) in [5.41, 5.74) is 1.18. The Morgan fingerprint density at radius 3 is 2.43 bits per heavy atom. The lowest BCUT2D eigenvalue weighted by Crippen LogP contribution is -2.23. The lowest BCUT2D eigenvalue weighted by Gasteiger charge is -2.16. The molecular formula is C21H16N2O3S2. The summed E-state index contributed by atoms with van der Waals surface area (Å²) in [4.78, 5) is 25.7. The van der Waals surface area contributed by atoms with E-state index in [1.807, 2.05) is 66.7 Å². The van der Waals surface area contributed by atoms with Crippen LogP contribution in [0.1, 0.15) is 16.4 Å². The van der Waals surface area contributed by atoms with E-state index in [-0.39, 0.29) is 0 Å². The number of benzene rings is 2. The Labute approximate surface area is 171 Å². The van der Waals surface area contributed by atoms with Crippen molar-refractivity contribution in [1.29, 1.82) is 5.26 Å². The monoisotopic (exact) mass is 408 g/mol. The summed E-state index contributed by atoms with van der Waals surface area (Å²) in [6, 6.07) is 22.5. The third-order valence-corrected chi connectivity index (χ3v) is 5.77. The zero-order chi connectivity index (χ0) is 19.8. The average molecular weight is 409 g/mol. The second-order valence-corrected chi connectivity index (χ2v) is 7.75. The van der Waals surface area contributed by atoms with Crippen molar-refractivity contribution < 1.29 is 14.3 Å². The standard InChI is InChI=1S/C21H16N2O3S2/c22-13-16-11-12-27-20(16)23-18(24)14-26-21(25)19(15-7-3-1-4-8-15)28-17-9-5-2-6-10-17/h1-12,19H,14H2,(H,23,24)/t19-/m1/s1. The predicted octanol–water partition coefficient (Wildman–Crippen LogP) is 4.64. The number of nitriles is 1. The van der Waals surface area contributed by atoms with Gasteiger partial charge in [-0.2, -0.15) is 5.26 Å². The van der Waals surface area contributed by atoms with Gasteiger partial charge in [-0.3, -0.25) is 9.59 Å². The van der Waals surface area contributed by atoms with Gasteiger partial charge in [-0.05, 0) is 29.1 Å². The maximum atomic E-state index is 12.7. The molecule has 0 aliphatic rings. The van der Waals surface area contributed by atoms with Crippen LogP contribution in [0.15, 0.2) is 77.0 Å². The molecule has 140 valence electrons. The molecule has 1 atom stereocenters. The number of ether oxygens (including phenoxy) is 1. The van der Waals surface area contributed by atoms with E-state index in [0.29, 0.717) is 10.6 Å². The van der Waals surface area contributed by atoms with Crippen LogP contribution in [0.5, 0.6) is 0 Å². The molecule has 2 aromatic carbocycles. The molecule has 28 heavy (non-hydrogen) atoms. The number of rotatable bonds is 7. The van der Waals surface area contributed by atoms with Crippen molar-refractivity contribution in [3.63, 3.8) is 0 Å². The SMILES string of the molecule is N#Cc1ccsc1NC(=O)COC(=O)[C@H](Sc1ccccc1)c1ccccc1. The van der Waals surface area contributed by atoms with Crippen LogP contribution in [0.25, 0.3) is 0 Å². The van der Waals surface area contributed by atoms with Crippen LogP contribution in [0.2, 0.25) is 0 Å². The van der Waals surface area contributed by atoms with Gasteiger partial charge in [-0.25, -0.2) is 0 Å². The minimum atomic E-state index is -0.590. The van der Waals surface area contributed by atoms with E-state index in [0.717, 1.165) is 10.5 Å². The van der Waals surface area contributed by atoms with E-state index in [1.54, 1.807) is 11.4 Å². The molecule has 3 rings (SSSR count). The molecule has 0 aliphatic heterocycles. The summed E-state index contributed by atoms with van der Waals surface area (Å²) in [6.07, 6.45) is 0. The number of carbonyl (C=O) groups excluding carboxylic acids is 2. The van der Waals surface area contributed by atoms with Crippen LogP contribution in [-0.4, -0.2) is 18.5 Å². The van der Waals surface area contributed by atoms with Gasteiger partial charge in [0.05, 0.1) is 5.56 Å². The summed E-state index contributed by atoms with van der Waals surface area (Å²) in [5.74, 6) is -0.981. The van der Waals surface area contributed by atoms with Gasteiger partial charge in [0.2, 0.25) is 0 Å². The average Bonchev–Trinajstić information content (AvgIpc) is 3.18. The van der Waals surface area contributed by atoms with Crippen LogP contribution in [0.4, 0.5) is 5.00 Å². The second-order valence-electron chi connectivity index (χ2n) is 5.65. The molecule has 1 amide bonds. The van der Waals surface area contributed by atoms with E-state index >= 15 is 0 Å². The number of anilines is 1. The van der Waals surface area contributed by atoms with Crippen LogP contribution < -0.4 is 5.32 Å². The zero-order valence-electron chi connectivity index (χ0n) is 14.7. The van der Waals surface area contributed by atoms with Crippen LogP contribution in [0.3, 0.4) is 0 Å². The van der Waals surface area contributed by atoms with E-state index in [9.17, 15) is 9.59 Å². The molecule has 0 spiro atoms. The minimum Gasteiger partial charge on any atom is -0.454 e. The fraction of sp³-hybridized carbons (Fsp3) is 0.0952. The first-order valence-corrected chi connectivity index (χ1v) is 10.1. The van der Waals surface area contributed by atoms with Gasteiger partial charge in [0.1, 0.15) is 16.3 Å². The lowest BCUT2D eigenvalue weighted by molar-refractivity contribution is -0.146. The largest absolute Gasteiger partial charge is 0.454 e. The van der Waals surface area contributed by atoms with E-state index in [1.165, 1.54) is 23.1 Å². The molecule has 0 saturated carbocycles. The molecule has 0 aliphatic carbocycles. The van der Waals surface area contributed by atoms with Crippen LogP contribution in [-0.2, 0) is 14.3 Å². The number of carbonyl (C=O) groups is 2. The van der Waals surface area contributed by atoms with Gasteiger partial charge in [0.15, 0.2) is 6.61 Å². The minimum absolute atomic E-state index is 0.381. The number of thioether (sulfide) groups is 1. The third kappa shape index (κ3) is 5.22. The number of esters is 1. The molecule has 0 fully saturated rings. The van der Waals surface area contributed by atoms with Gasteiger partial charge in [-0.15, -0.1) is 23.1 Å². The highest BCUT2D eigenvalue weighted by Crippen LogP contribution is 2.36. The Morgan fingerprint density at radius 1 is 1.07 bits per heavy atom. The second kappa shape index (κ2) is 9.74. The Morgan fingerprint density at radius 2 is 1.75 bits per heavy atom. The summed E-state index contributed by atoms with van der Waals surface area (Å²) in [6.45, 7) is -0.416. The molecule has 0 unspecified atom stereocenters. The van der Waals surface area contributed by atoms with Crippen LogP contribution in [0, 0.1) is 11.3 Å². The number of nitrogens with one attached hydrogen (secondary N) is 1. The molecular weight excluding hydrogens is 392 g/mol. The Bertz CT molecular complexity index is 982. The van der Waals surface area contributed by atoms with Crippen LogP contribution >= 0.6 is 23.1 Å². The summed E-state index contributed by atoms with van der Waals surface area (Å²) in [5, 5.41) is 13.2. The number of nitrogens with zero attached hydrogens (tertiary/aromatic N) is 1. The fourth-order valence-electron chi connectivity index (χ4n) is 2.38. The fourth-order valence-corrected chi connectivity index (χ4v) is 4.18. The van der Waals surface area contributed by atoms with Gasteiger partial charge in [0, 0.05) is 4.90 Å². The molecule has 1 N–H and O–H groups in total. The summed E-state index contributed by atoms with van der Waals surface area (Å²) in [7, 11) is 0. The van der Waals surface area contributed by atoms with Gasteiger partial charge < -0.3 is 10.1 Å². The summed E-state index contributed by atoms with van der Waals surface area (Å²) < 4.78 is 5.26. The van der Waals surface area contributed by atoms with E-state index < -0.39 is 23.7 Å². The number of hydrogen-bond donors (Lipinski definition) is 1. The molecule has 3 aromatic rings. The third-order valence-electron chi connectivity index (χ3n) is 3.70. The van der Waals surface area contributed by atoms with Crippen molar-refractivity contribution in [1.82, 2.24) is 0 Å². The molecule has 0 radical (unpaired) electrons. The molecule has 1 aromatic heterocycles. The highest BCUT2D eigenvalue weighted by molar-refractivity contribution is 8.00. The van der Waals surface area contributed by atoms with Crippen molar-refractivity contribution in [3.05, 3.63) is 83.2 Å². The first kappa shape index (κ1) is 19.7. The van der Waals surface area contributed by atoms with E-state index in [4.69, 9.17) is 10.00 Å². The first-order chi connectivity index (χ1) is 13.7. The van der Waals surface area contributed by atoms with Crippen molar-refractivity contribution in [3.8, 4) is 6.07 Å². The Kier molecular flexibility index (Phi) is 6.84. The van der Waals surface area contributed by atoms with Gasteiger partial charge >= 0.3 is 5.97 Å². The number of thiophene rings is 1. The van der Waals surface area contributed by atoms with Gasteiger partial charge in [-0.1, -0.05) is 48.5 Å². The smallest absolute Gasteiger partial charge is 0.324 e. The van der Waals surface area contributed by atoms with Crippen molar-refractivity contribution in [2.24, 2.45) is 0 Å². The normalized spacial score (nSPS) is 11.2. The first-order valence-electron chi connectivity index (χ1n) is 8.38. The van der Waals surface area contributed by atoms with E-state index in [2.05, 4.69) is 5.32 Å². The quantitative estimate of drug-likeness (QED) is 0.455. The predicted molar refractivity (Wildman–Crippen MR) is 110 cm³/mol. The lowest BCUT2D eigenvalue weighted by atomic mass is 10.1. The van der Waals surface area contributed by atoms with Crippen molar-refractivity contribution >= 4 is 40.0 Å². The molecule has 0 bridgehead atoms. The zero-order valence-corrected chi connectivity index (χ0v) is 16.3. The molecule has 1 heterocycles. The van der Waals surface area contributed by atoms with Crippen molar-refractivity contribution in [2.75, 3.05) is 11.9 Å². The number of hydrogen-bond acceptors (Lipinski definition) is 6. The van der Waals surface area contributed by atoms with Crippen molar-refractivity contribution in [2.45, 2.75) is 10.1 Å². The molecule has 0 saturated heterocycles. The molecule has 7 heteroatoms. The summed E-state index contributed by atoms with van der Waals surface area (Å²) >= 11 is 2.61. The Hall–Kier alpha value is -3.08. The maximum Gasteiger partial charge on any atom is 0.324 e. The number of amides is 1. The molecule has 5 nitrogen and oxygen atoms in total. The highest BCUT2D eigenvalue weighted by atomic mass is 32.2. The van der Waals surface area contributed by atoms with Gasteiger partial charge in [0.25, 0.3) is 5.91 Å². The maximum absolute atomic E-state index is 12.7. The topological polar surface area (TPSA) is 79.2 Å². The Balaban J connectivity index is 1.66. The highest BCUT2D eigenvalue weighted by Gasteiger charge is 2.24.